The zero-order chi connectivity index (χ0) is 17.4. The van der Waals surface area contributed by atoms with Gasteiger partial charge in [-0.3, -0.25) is 9.36 Å². The number of para-hydroxylation sites is 1. The van der Waals surface area contributed by atoms with Gasteiger partial charge in [-0.15, -0.1) is 0 Å². The number of aromatic hydroxyl groups is 1. The van der Waals surface area contributed by atoms with E-state index in [1.807, 2.05) is 0 Å². The molecule has 0 amide bonds. The number of halogens is 3. The van der Waals surface area contributed by atoms with E-state index in [1.54, 1.807) is 25.1 Å². The first-order chi connectivity index (χ1) is 10.7. The van der Waals surface area contributed by atoms with Crippen molar-refractivity contribution >= 4 is 46.8 Å². The molecule has 1 heterocycles. The number of rotatable bonds is 2. The van der Waals surface area contributed by atoms with Gasteiger partial charge in [0, 0.05) is 18.1 Å². The van der Waals surface area contributed by atoms with E-state index in [1.165, 1.54) is 6.07 Å². The molecule has 120 valence electrons. The van der Waals surface area contributed by atoms with Gasteiger partial charge in [-0.05, 0) is 18.6 Å². The van der Waals surface area contributed by atoms with Crippen molar-refractivity contribution in [3.8, 4) is 17.5 Å². The molecule has 0 spiro atoms. The lowest BCUT2D eigenvalue weighted by molar-refractivity contribution is 0.470. The molecule has 0 aliphatic carbocycles. The third-order valence-corrected chi connectivity index (χ3v) is 4.16. The summed E-state index contributed by atoms with van der Waals surface area (Å²) in [6, 6.07) is 6.31. The highest BCUT2D eigenvalue weighted by Gasteiger charge is 2.26. The van der Waals surface area contributed by atoms with Crippen LogP contribution in [0.1, 0.15) is 11.1 Å². The highest BCUT2D eigenvalue weighted by molar-refractivity contribution is 8.03. The van der Waals surface area contributed by atoms with Crippen LogP contribution in [-0.4, -0.2) is 16.8 Å². The van der Waals surface area contributed by atoms with Gasteiger partial charge in [-0.25, -0.2) is 4.79 Å². The standard InChI is InChI=1S/C13H8Cl3N3O3S/c1-7-3-2-4-9(20)10(7)18-6-8(5-17)11(21)19(12(18)22)23-13(14,15)16/h2-4,6,20H,1H3. The molecule has 6 nitrogen and oxygen atoms in total. The number of benzene rings is 1. The zero-order valence-corrected chi connectivity index (χ0v) is 14.5. The molecule has 0 fully saturated rings. The minimum Gasteiger partial charge on any atom is -0.506 e. The molecular weight excluding hydrogens is 385 g/mol. The lowest BCUT2D eigenvalue weighted by Gasteiger charge is -2.15. The van der Waals surface area contributed by atoms with E-state index in [-0.39, 0.29) is 17.0 Å². The Hall–Kier alpha value is -1.59. The zero-order valence-electron chi connectivity index (χ0n) is 11.5. The maximum absolute atomic E-state index is 12.5. The summed E-state index contributed by atoms with van der Waals surface area (Å²) in [6.07, 6.45) is 1.04. The van der Waals surface area contributed by atoms with Gasteiger partial charge in [0.15, 0.2) is 0 Å². The van der Waals surface area contributed by atoms with Crippen molar-refractivity contribution < 1.29 is 5.11 Å². The van der Waals surface area contributed by atoms with Crippen molar-refractivity contribution in [1.29, 1.82) is 5.26 Å². The summed E-state index contributed by atoms with van der Waals surface area (Å²) in [5, 5.41) is 19.1. The van der Waals surface area contributed by atoms with E-state index < -0.39 is 14.4 Å². The second-order valence-electron chi connectivity index (χ2n) is 4.39. The number of aromatic nitrogens is 2. The number of nitriles is 1. The van der Waals surface area contributed by atoms with E-state index in [0.29, 0.717) is 21.5 Å². The van der Waals surface area contributed by atoms with Crippen LogP contribution in [0.3, 0.4) is 0 Å². The predicted octanol–water partition coefficient (Wildman–Crippen LogP) is 2.71. The maximum Gasteiger partial charge on any atom is 0.346 e. The van der Waals surface area contributed by atoms with Crippen LogP contribution in [-0.2, 0) is 0 Å². The Morgan fingerprint density at radius 1 is 1.30 bits per heavy atom. The molecule has 2 rings (SSSR count). The van der Waals surface area contributed by atoms with Crippen LogP contribution in [0.25, 0.3) is 5.69 Å². The maximum atomic E-state index is 12.5. The molecule has 0 aliphatic rings. The van der Waals surface area contributed by atoms with Crippen molar-refractivity contribution in [2.24, 2.45) is 0 Å². The molecule has 0 atom stereocenters. The van der Waals surface area contributed by atoms with Crippen LogP contribution >= 0.6 is 46.8 Å². The van der Waals surface area contributed by atoms with Gasteiger partial charge in [0.2, 0.25) is 0 Å². The van der Waals surface area contributed by atoms with Crippen LogP contribution in [0.4, 0.5) is 0 Å². The molecule has 23 heavy (non-hydrogen) atoms. The molecule has 0 radical (unpaired) electrons. The normalized spacial score (nSPS) is 11.3. The predicted molar refractivity (Wildman–Crippen MR) is 90.7 cm³/mol. The van der Waals surface area contributed by atoms with Gasteiger partial charge in [0.1, 0.15) is 17.4 Å². The van der Waals surface area contributed by atoms with Crippen molar-refractivity contribution in [2.45, 2.75) is 10.0 Å². The highest BCUT2D eigenvalue weighted by atomic mass is 35.6. The molecule has 10 heteroatoms. The fraction of sp³-hybridized carbons (Fsp3) is 0.154. The molecular formula is C13H8Cl3N3O3S. The molecule has 0 aliphatic heterocycles. The third-order valence-electron chi connectivity index (χ3n) is 2.83. The van der Waals surface area contributed by atoms with Crippen molar-refractivity contribution in [1.82, 2.24) is 8.54 Å². The SMILES string of the molecule is Cc1cccc(O)c1-n1cc(C#N)c(=O)n(SC(Cl)(Cl)Cl)c1=O. The van der Waals surface area contributed by atoms with Gasteiger partial charge in [0.05, 0.1) is 5.69 Å². The molecule has 1 N–H and O–H groups in total. The smallest absolute Gasteiger partial charge is 0.346 e. The molecule has 0 saturated heterocycles. The lowest BCUT2D eigenvalue weighted by atomic mass is 10.2. The molecule has 2 aromatic rings. The second-order valence-corrected chi connectivity index (χ2v) is 8.50. The lowest BCUT2D eigenvalue weighted by Crippen LogP contribution is -2.38. The number of aryl methyl sites for hydroxylation is 1. The Bertz CT molecular complexity index is 905. The van der Waals surface area contributed by atoms with Crippen molar-refractivity contribution in [3.63, 3.8) is 0 Å². The minimum absolute atomic E-state index is 0.132. The number of phenolic OH excluding ortho intramolecular Hbond substituents is 1. The van der Waals surface area contributed by atoms with Crippen LogP contribution < -0.4 is 11.2 Å². The summed E-state index contributed by atoms with van der Waals surface area (Å²) in [6.45, 7) is 1.66. The first-order valence-electron chi connectivity index (χ1n) is 5.99. The highest BCUT2D eigenvalue weighted by Crippen LogP contribution is 2.38. The molecule has 0 unspecified atom stereocenters. The molecule has 1 aromatic heterocycles. The van der Waals surface area contributed by atoms with Crippen molar-refractivity contribution in [2.75, 3.05) is 0 Å². The number of nitrogens with zero attached hydrogens (tertiary/aromatic N) is 3. The minimum atomic E-state index is -1.98. The van der Waals surface area contributed by atoms with Gasteiger partial charge in [-0.2, -0.15) is 9.23 Å². The Labute approximate surface area is 149 Å². The average molecular weight is 393 g/mol. The monoisotopic (exact) mass is 391 g/mol. The van der Waals surface area contributed by atoms with Crippen LogP contribution in [0, 0.1) is 18.3 Å². The van der Waals surface area contributed by atoms with E-state index in [4.69, 9.17) is 40.1 Å². The van der Waals surface area contributed by atoms with Gasteiger partial charge in [0.25, 0.3) is 8.68 Å². The molecule has 0 bridgehead atoms. The Morgan fingerprint density at radius 2 is 1.96 bits per heavy atom. The second kappa shape index (κ2) is 6.49. The average Bonchev–Trinajstić information content (AvgIpc) is 2.44. The fourth-order valence-corrected chi connectivity index (χ4v) is 3.09. The Kier molecular flexibility index (Phi) is 5.01. The summed E-state index contributed by atoms with van der Waals surface area (Å²) in [5.41, 5.74) is -1.42. The first-order valence-corrected chi connectivity index (χ1v) is 7.90. The van der Waals surface area contributed by atoms with E-state index in [9.17, 15) is 14.7 Å². The van der Waals surface area contributed by atoms with Gasteiger partial charge in [-0.1, -0.05) is 46.9 Å². The summed E-state index contributed by atoms with van der Waals surface area (Å²) >= 11 is 17.2. The van der Waals surface area contributed by atoms with Gasteiger partial charge >= 0.3 is 5.69 Å². The van der Waals surface area contributed by atoms with Crippen LogP contribution in [0.2, 0.25) is 0 Å². The number of alkyl halides is 3. The molecule has 1 aromatic carbocycles. The number of hydrogen-bond donors (Lipinski definition) is 1. The summed E-state index contributed by atoms with van der Waals surface area (Å²) in [4.78, 5) is 24.7. The number of phenols is 1. The largest absolute Gasteiger partial charge is 0.506 e. The van der Waals surface area contributed by atoms with E-state index in [2.05, 4.69) is 0 Å². The number of hydrogen-bond acceptors (Lipinski definition) is 5. The third kappa shape index (κ3) is 3.67. The fourth-order valence-electron chi connectivity index (χ4n) is 1.91. The Morgan fingerprint density at radius 3 is 2.48 bits per heavy atom. The van der Waals surface area contributed by atoms with E-state index in [0.717, 1.165) is 10.8 Å². The van der Waals surface area contributed by atoms with Crippen LogP contribution in [0.15, 0.2) is 34.0 Å². The molecule has 0 saturated carbocycles. The quantitative estimate of drug-likeness (QED) is 0.794. The Balaban J connectivity index is 2.87. The topological polar surface area (TPSA) is 88.0 Å². The summed E-state index contributed by atoms with van der Waals surface area (Å²) in [5.74, 6) is -0.194. The van der Waals surface area contributed by atoms with Crippen LogP contribution in [0.5, 0.6) is 5.75 Å². The van der Waals surface area contributed by atoms with Crippen molar-refractivity contribution in [3.05, 3.63) is 56.4 Å². The van der Waals surface area contributed by atoms with E-state index >= 15 is 0 Å². The first kappa shape index (κ1) is 17.8. The summed E-state index contributed by atoms with van der Waals surface area (Å²) < 4.78 is -0.450. The van der Waals surface area contributed by atoms with Gasteiger partial charge < -0.3 is 5.11 Å². The summed E-state index contributed by atoms with van der Waals surface area (Å²) in [7, 11) is 0.